The number of allylic oxidation sites excluding steroid dienone is 2. The molecule has 2 heterocycles. The standard InChI is InChI=1S/C21H23N3O2/c1-15-20-18(22-24(21(20)26)17-10-6-3-7-11-17)14-19(25)23(15)13-12-16-8-4-2-5-9-16/h2-4,6-7,10-11,14,16,22H,5,8-9,12-13H2,1H3. The van der Waals surface area contributed by atoms with E-state index in [1.807, 2.05) is 37.3 Å². The zero-order valence-electron chi connectivity index (χ0n) is 14.9. The molecule has 26 heavy (non-hydrogen) atoms. The number of aryl methyl sites for hydroxylation is 1. The Morgan fingerprint density at radius 3 is 2.69 bits per heavy atom. The van der Waals surface area contributed by atoms with Crippen LogP contribution in [-0.2, 0) is 6.54 Å². The van der Waals surface area contributed by atoms with Gasteiger partial charge >= 0.3 is 0 Å². The number of aromatic nitrogens is 3. The van der Waals surface area contributed by atoms with Gasteiger partial charge in [-0.15, -0.1) is 0 Å². The van der Waals surface area contributed by atoms with E-state index in [2.05, 4.69) is 17.3 Å². The molecular formula is C21H23N3O2. The Morgan fingerprint density at radius 1 is 1.15 bits per heavy atom. The summed E-state index contributed by atoms with van der Waals surface area (Å²) in [7, 11) is 0. The second kappa shape index (κ2) is 6.83. The first kappa shape index (κ1) is 16.6. The summed E-state index contributed by atoms with van der Waals surface area (Å²) in [6, 6.07) is 11.0. The van der Waals surface area contributed by atoms with Gasteiger partial charge in [-0.25, -0.2) is 4.68 Å². The number of hydrogen-bond donors (Lipinski definition) is 1. The summed E-state index contributed by atoms with van der Waals surface area (Å²) in [6.07, 6.45) is 8.81. The van der Waals surface area contributed by atoms with Crippen molar-refractivity contribution in [1.29, 1.82) is 0 Å². The molecule has 0 bridgehead atoms. The molecule has 0 spiro atoms. The van der Waals surface area contributed by atoms with Crippen LogP contribution in [0.4, 0.5) is 0 Å². The molecule has 1 aromatic carbocycles. The van der Waals surface area contributed by atoms with Crippen LogP contribution in [0.1, 0.15) is 31.4 Å². The van der Waals surface area contributed by atoms with Crippen molar-refractivity contribution in [2.75, 3.05) is 0 Å². The fraction of sp³-hybridized carbons (Fsp3) is 0.333. The number of aromatic amines is 1. The van der Waals surface area contributed by atoms with E-state index in [1.165, 1.54) is 11.1 Å². The second-order valence-corrected chi connectivity index (χ2v) is 7.04. The van der Waals surface area contributed by atoms with Crippen LogP contribution in [0.5, 0.6) is 0 Å². The minimum Gasteiger partial charge on any atom is -0.312 e. The van der Waals surface area contributed by atoms with Crippen molar-refractivity contribution in [3.8, 4) is 5.69 Å². The molecule has 0 fully saturated rings. The maximum absolute atomic E-state index is 12.9. The van der Waals surface area contributed by atoms with Crippen molar-refractivity contribution >= 4 is 10.9 Å². The van der Waals surface area contributed by atoms with Crippen LogP contribution >= 0.6 is 0 Å². The number of nitrogens with one attached hydrogen (secondary N) is 1. The Hall–Kier alpha value is -2.82. The molecule has 1 atom stereocenters. The van der Waals surface area contributed by atoms with Crippen LogP contribution in [-0.4, -0.2) is 14.3 Å². The van der Waals surface area contributed by atoms with E-state index in [4.69, 9.17) is 0 Å². The first-order valence-electron chi connectivity index (χ1n) is 9.21. The first-order chi connectivity index (χ1) is 12.6. The summed E-state index contributed by atoms with van der Waals surface area (Å²) in [5.41, 5.74) is 1.94. The number of hydrogen-bond acceptors (Lipinski definition) is 2. The van der Waals surface area contributed by atoms with Gasteiger partial charge in [-0.2, -0.15) is 0 Å². The number of pyridine rings is 1. The van der Waals surface area contributed by atoms with Crippen LogP contribution < -0.4 is 11.1 Å². The molecule has 1 unspecified atom stereocenters. The molecule has 0 amide bonds. The topological polar surface area (TPSA) is 59.8 Å². The van der Waals surface area contributed by atoms with E-state index >= 15 is 0 Å². The largest absolute Gasteiger partial charge is 0.312 e. The molecule has 0 saturated heterocycles. The van der Waals surface area contributed by atoms with E-state index in [-0.39, 0.29) is 11.1 Å². The number of para-hydroxylation sites is 1. The van der Waals surface area contributed by atoms with Gasteiger partial charge in [0.05, 0.1) is 16.6 Å². The summed E-state index contributed by atoms with van der Waals surface area (Å²) in [4.78, 5) is 25.5. The number of benzene rings is 1. The van der Waals surface area contributed by atoms with Crippen LogP contribution in [0.25, 0.3) is 16.6 Å². The van der Waals surface area contributed by atoms with Gasteiger partial charge in [-0.05, 0) is 50.7 Å². The Labute approximate surface area is 151 Å². The van der Waals surface area contributed by atoms with E-state index in [0.29, 0.717) is 23.4 Å². The molecule has 1 aliphatic rings. The lowest BCUT2D eigenvalue weighted by molar-refractivity contribution is 0.409. The highest BCUT2D eigenvalue weighted by Crippen LogP contribution is 2.22. The predicted molar refractivity (Wildman–Crippen MR) is 104 cm³/mol. The quantitative estimate of drug-likeness (QED) is 0.733. The molecule has 3 aromatic rings. The van der Waals surface area contributed by atoms with Crippen molar-refractivity contribution in [3.63, 3.8) is 0 Å². The van der Waals surface area contributed by atoms with Gasteiger partial charge in [0.1, 0.15) is 0 Å². The van der Waals surface area contributed by atoms with Crippen molar-refractivity contribution < 1.29 is 0 Å². The highest BCUT2D eigenvalue weighted by molar-refractivity contribution is 5.80. The summed E-state index contributed by atoms with van der Waals surface area (Å²) in [5, 5.41) is 3.67. The lowest BCUT2D eigenvalue weighted by Crippen LogP contribution is -2.24. The second-order valence-electron chi connectivity index (χ2n) is 7.04. The molecule has 134 valence electrons. The Balaban J connectivity index is 1.73. The molecule has 2 aromatic heterocycles. The zero-order chi connectivity index (χ0) is 18.1. The summed E-state index contributed by atoms with van der Waals surface area (Å²) >= 11 is 0. The lowest BCUT2D eigenvalue weighted by atomic mass is 9.91. The maximum Gasteiger partial charge on any atom is 0.280 e. The number of fused-ring (bicyclic) bond motifs is 1. The van der Waals surface area contributed by atoms with Crippen LogP contribution in [0.3, 0.4) is 0 Å². The summed E-state index contributed by atoms with van der Waals surface area (Å²) in [6.45, 7) is 2.53. The fourth-order valence-corrected chi connectivity index (χ4v) is 3.88. The minimum absolute atomic E-state index is 0.0530. The number of H-pyrrole nitrogens is 1. The van der Waals surface area contributed by atoms with Gasteiger partial charge in [0, 0.05) is 18.3 Å². The van der Waals surface area contributed by atoms with Crippen LogP contribution in [0.2, 0.25) is 0 Å². The number of rotatable bonds is 4. The molecule has 0 saturated carbocycles. The monoisotopic (exact) mass is 349 g/mol. The molecule has 4 rings (SSSR count). The molecule has 1 N–H and O–H groups in total. The fourth-order valence-electron chi connectivity index (χ4n) is 3.88. The van der Waals surface area contributed by atoms with Crippen LogP contribution in [0, 0.1) is 12.8 Å². The SMILES string of the molecule is Cc1c2c(=O)n(-c3ccccc3)[nH]c2cc(=O)n1CCC1CC=CCC1. The average molecular weight is 349 g/mol. The van der Waals surface area contributed by atoms with Gasteiger partial charge in [-0.3, -0.25) is 14.7 Å². The Kier molecular flexibility index (Phi) is 4.37. The third-order valence-corrected chi connectivity index (χ3v) is 5.37. The molecule has 5 heteroatoms. The third kappa shape index (κ3) is 2.94. The van der Waals surface area contributed by atoms with Gasteiger partial charge in [0.25, 0.3) is 11.1 Å². The first-order valence-corrected chi connectivity index (χ1v) is 9.21. The van der Waals surface area contributed by atoms with Gasteiger partial charge in [0.15, 0.2) is 0 Å². The summed E-state index contributed by atoms with van der Waals surface area (Å²) in [5.74, 6) is 0.620. The summed E-state index contributed by atoms with van der Waals surface area (Å²) < 4.78 is 3.26. The highest BCUT2D eigenvalue weighted by Gasteiger charge is 2.16. The van der Waals surface area contributed by atoms with Crippen molar-refractivity contribution in [2.45, 2.75) is 39.2 Å². The molecule has 1 aliphatic carbocycles. The van der Waals surface area contributed by atoms with E-state index in [0.717, 1.165) is 30.6 Å². The normalized spacial score (nSPS) is 17.0. The Bertz CT molecular complexity index is 1070. The van der Waals surface area contributed by atoms with E-state index < -0.39 is 0 Å². The van der Waals surface area contributed by atoms with Crippen molar-refractivity contribution in [3.05, 3.63) is 75.0 Å². The minimum atomic E-state index is -0.113. The predicted octanol–water partition coefficient (Wildman–Crippen LogP) is 3.54. The third-order valence-electron chi connectivity index (χ3n) is 5.37. The van der Waals surface area contributed by atoms with Gasteiger partial charge in [-0.1, -0.05) is 30.4 Å². The van der Waals surface area contributed by atoms with Gasteiger partial charge in [0.2, 0.25) is 0 Å². The Morgan fingerprint density at radius 2 is 1.96 bits per heavy atom. The van der Waals surface area contributed by atoms with Crippen molar-refractivity contribution in [1.82, 2.24) is 14.3 Å². The lowest BCUT2D eigenvalue weighted by Gasteiger charge is -2.19. The maximum atomic E-state index is 12.9. The van der Waals surface area contributed by atoms with E-state index in [9.17, 15) is 9.59 Å². The average Bonchev–Trinajstić information content (AvgIpc) is 2.99. The smallest absolute Gasteiger partial charge is 0.280 e. The molecule has 0 aliphatic heterocycles. The molecular weight excluding hydrogens is 326 g/mol. The van der Waals surface area contributed by atoms with Crippen molar-refractivity contribution in [2.24, 2.45) is 5.92 Å². The van der Waals surface area contributed by atoms with Crippen LogP contribution in [0.15, 0.2) is 58.1 Å². The molecule has 5 nitrogen and oxygen atoms in total. The number of nitrogens with zero attached hydrogens (tertiary/aromatic N) is 2. The van der Waals surface area contributed by atoms with Gasteiger partial charge < -0.3 is 4.57 Å². The zero-order valence-corrected chi connectivity index (χ0v) is 14.9. The molecule has 0 radical (unpaired) electrons. The highest BCUT2D eigenvalue weighted by atomic mass is 16.1. The van der Waals surface area contributed by atoms with E-state index in [1.54, 1.807) is 10.6 Å².